The van der Waals surface area contributed by atoms with Crippen molar-refractivity contribution < 1.29 is 4.79 Å². The van der Waals surface area contributed by atoms with E-state index in [0.717, 1.165) is 36.8 Å². The maximum absolute atomic E-state index is 12.8. The molecular weight excluding hydrogens is 310 g/mol. The molecule has 1 heterocycles. The molecular formula is C21H35N3O. The number of hydrogen-bond donors (Lipinski definition) is 2. The highest BCUT2D eigenvalue weighted by Gasteiger charge is 2.27. The van der Waals surface area contributed by atoms with Crippen LogP contribution in [0.5, 0.6) is 0 Å². The van der Waals surface area contributed by atoms with E-state index in [9.17, 15) is 4.79 Å². The highest BCUT2D eigenvalue weighted by Crippen LogP contribution is 2.28. The molecule has 1 unspecified atom stereocenters. The second-order valence-electron chi connectivity index (χ2n) is 7.73. The molecule has 1 fully saturated rings. The Morgan fingerprint density at radius 2 is 1.92 bits per heavy atom. The zero-order chi connectivity index (χ0) is 18.4. The first-order valence-corrected chi connectivity index (χ1v) is 9.73. The van der Waals surface area contributed by atoms with Crippen molar-refractivity contribution in [2.45, 2.75) is 58.9 Å². The molecule has 140 valence electrons. The summed E-state index contributed by atoms with van der Waals surface area (Å²) in [6, 6.07) is 6.18. The van der Waals surface area contributed by atoms with Crippen LogP contribution in [0.3, 0.4) is 0 Å². The van der Waals surface area contributed by atoms with Crippen LogP contribution in [-0.2, 0) is 4.79 Å². The van der Waals surface area contributed by atoms with Gasteiger partial charge in [0, 0.05) is 5.69 Å². The van der Waals surface area contributed by atoms with E-state index >= 15 is 0 Å². The molecule has 0 saturated carbocycles. The lowest BCUT2D eigenvalue weighted by Gasteiger charge is -2.35. The summed E-state index contributed by atoms with van der Waals surface area (Å²) < 4.78 is 0. The summed E-state index contributed by atoms with van der Waals surface area (Å²) in [5.41, 5.74) is 3.35. The molecule has 25 heavy (non-hydrogen) atoms. The lowest BCUT2D eigenvalue weighted by molar-refractivity contribution is -0.121. The number of para-hydroxylation sites is 1. The standard InChI is InChI=1S/C21H35N3O/c1-15(2)19-8-6-7-16(3)20(19)23-21(25)17(4)24-13-10-18(11-14-24)9-12-22-5/h6-8,15,17-18,22H,9-14H2,1-5H3,(H,23,25). The van der Waals surface area contributed by atoms with Crippen LogP contribution < -0.4 is 10.6 Å². The maximum Gasteiger partial charge on any atom is 0.241 e. The van der Waals surface area contributed by atoms with Gasteiger partial charge in [-0.05, 0) is 82.8 Å². The molecule has 4 nitrogen and oxygen atoms in total. The number of nitrogens with one attached hydrogen (secondary N) is 2. The first-order chi connectivity index (χ1) is 11.9. The Kier molecular flexibility index (Phi) is 7.45. The third-order valence-electron chi connectivity index (χ3n) is 5.55. The number of nitrogens with zero attached hydrogens (tertiary/aromatic N) is 1. The number of benzene rings is 1. The second-order valence-corrected chi connectivity index (χ2v) is 7.73. The molecule has 1 amide bonds. The normalized spacial score (nSPS) is 17.7. The molecule has 1 aromatic carbocycles. The van der Waals surface area contributed by atoms with E-state index in [0.29, 0.717) is 5.92 Å². The third kappa shape index (κ3) is 5.29. The summed E-state index contributed by atoms with van der Waals surface area (Å²) in [5, 5.41) is 6.45. The second kappa shape index (κ2) is 9.35. The van der Waals surface area contributed by atoms with Crippen molar-refractivity contribution >= 4 is 11.6 Å². The van der Waals surface area contributed by atoms with E-state index in [1.807, 2.05) is 14.0 Å². The Bertz CT molecular complexity index is 562. The van der Waals surface area contributed by atoms with Gasteiger partial charge in [-0.15, -0.1) is 0 Å². The molecule has 0 aliphatic carbocycles. The van der Waals surface area contributed by atoms with E-state index in [1.54, 1.807) is 0 Å². The van der Waals surface area contributed by atoms with Crippen LogP contribution in [0.1, 0.15) is 57.1 Å². The van der Waals surface area contributed by atoms with E-state index < -0.39 is 0 Å². The molecule has 4 heteroatoms. The molecule has 1 aromatic rings. The molecule has 0 radical (unpaired) electrons. The van der Waals surface area contributed by atoms with Gasteiger partial charge in [0.1, 0.15) is 0 Å². The molecule has 2 rings (SSSR count). The van der Waals surface area contributed by atoms with Crippen molar-refractivity contribution in [1.29, 1.82) is 0 Å². The van der Waals surface area contributed by atoms with Crippen molar-refractivity contribution in [2.24, 2.45) is 5.92 Å². The average Bonchev–Trinajstić information content (AvgIpc) is 2.61. The highest BCUT2D eigenvalue weighted by atomic mass is 16.2. The number of aryl methyl sites for hydroxylation is 1. The summed E-state index contributed by atoms with van der Waals surface area (Å²) >= 11 is 0. The van der Waals surface area contributed by atoms with Crippen LogP contribution >= 0.6 is 0 Å². The van der Waals surface area contributed by atoms with Crippen LogP contribution in [0.25, 0.3) is 0 Å². The topological polar surface area (TPSA) is 44.4 Å². The third-order valence-corrected chi connectivity index (χ3v) is 5.55. The molecule has 1 saturated heterocycles. The minimum absolute atomic E-state index is 0.0788. The van der Waals surface area contributed by atoms with E-state index in [-0.39, 0.29) is 11.9 Å². The zero-order valence-electron chi connectivity index (χ0n) is 16.6. The Morgan fingerprint density at radius 1 is 1.24 bits per heavy atom. The minimum Gasteiger partial charge on any atom is -0.324 e. The van der Waals surface area contributed by atoms with Gasteiger partial charge in [0.15, 0.2) is 0 Å². The van der Waals surface area contributed by atoms with Crippen LogP contribution in [0, 0.1) is 12.8 Å². The minimum atomic E-state index is -0.0788. The summed E-state index contributed by atoms with van der Waals surface area (Å²) in [6.07, 6.45) is 3.63. The fourth-order valence-corrected chi connectivity index (χ4v) is 3.71. The monoisotopic (exact) mass is 345 g/mol. The Hall–Kier alpha value is -1.39. The predicted molar refractivity (Wildman–Crippen MR) is 106 cm³/mol. The average molecular weight is 346 g/mol. The molecule has 2 N–H and O–H groups in total. The summed E-state index contributed by atoms with van der Waals surface area (Å²) in [5.74, 6) is 1.31. The SMILES string of the molecule is CNCCC1CCN(C(C)C(=O)Nc2c(C)cccc2C(C)C)CC1. The zero-order valence-corrected chi connectivity index (χ0v) is 16.6. The molecule has 0 bridgehead atoms. The molecule has 0 aromatic heterocycles. The molecule has 0 spiro atoms. The number of likely N-dealkylation sites (tertiary alicyclic amines) is 1. The quantitative estimate of drug-likeness (QED) is 0.791. The largest absolute Gasteiger partial charge is 0.324 e. The van der Waals surface area contributed by atoms with Gasteiger partial charge < -0.3 is 10.6 Å². The maximum atomic E-state index is 12.8. The van der Waals surface area contributed by atoms with E-state index in [2.05, 4.69) is 54.5 Å². The summed E-state index contributed by atoms with van der Waals surface area (Å²) in [4.78, 5) is 15.2. The van der Waals surface area contributed by atoms with Crippen LogP contribution in [0.4, 0.5) is 5.69 Å². The molecule has 1 atom stereocenters. The molecule has 1 aliphatic heterocycles. The predicted octanol–water partition coefficient (Wildman–Crippen LogP) is 3.77. The fraction of sp³-hybridized carbons (Fsp3) is 0.667. The fourth-order valence-electron chi connectivity index (χ4n) is 3.71. The van der Waals surface area contributed by atoms with Gasteiger partial charge in [-0.1, -0.05) is 32.0 Å². The number of amides is 1. The first kappa shape index (κ1) is 19.9. The van der Waals surface area contributed by atoms with Crippen LogP contribution in [-0.4, -0.2) is 43.5 Å². The van der Waals surface area contributed by atoms with Gasteiger partial charge in [0.05, 0.1) is 6.04 Å². The number of piperidine rings is 1. The van der Waals surface area contributed by atoms with Crippen molar-refractivity contribution in [3.05, 3.63) is 29.3 Å². The van der Waals surface area contributed by atoms with Gasteiger partial charge in [-0.2, -0.15) is 0 Å². The Morgan fingerprint density at radius 3 is 2.52 bits per heavy atom. The van der Waals surface area contributed by atoms with E-state index in [1.165, 1.54) is 24.8 Å². The first-order valence-electron chi connectivity index (χ1n) is 9.73. The van der Waals surface area contributed by atoms with Gasteiger partial charge in [0.2, 0.25) is 5.91 Å². The smallest absolute Gasteiger partial charge is 0.241 e. The van der Waals surface area contributed by atoms with Gasteiger partial charge in [0.25, 0.3) is 0 Å². The number of rotatable bonds is 7. The summed E-state index contributed by atoms with van der Waals surface area (Å²) in [6.45, 7) is 11.6. The van der Waals surface area contributed by atoms with Gasteiger partial charge in [-0.25, -0.2) is 0 Å². The van der Waals surface area contributed by atoms with Gasteiger partial charge >= 0.3 is 0 Å². The van der Waals surface area contributed by atoms with Crippen LogP contribution in [0.15, 0.2) is 18.2 Å². The number of hydrogen-bond acceptors (Lipinski definition) is 3. The number of anilines is 1. The van der Waals surface area contributed by atoms with Crippen molar-refractivity contribution in [1.82, 2.24) is 10.2 Å². The van der Waals surface area contributed by atoms with Crippen molar-refractivity contribution in [3.63, 3.8) is 0 Å². The Balaban J connectivity index is 1.96. The van der Waals surface area contributed by atoms with Gasteiger partial charge in [-0.3, -0.25) is 9.69 Å². The van der Waals surface area contributed by atoms with E-state index in [4.69, 9.17) is 0 Å². The Labute approximate surface area is 153 Å². The van der Waals surface area contributed by atoms with Crippen molar-refractivity contribution in [2.75, 3.05) is 32.0 Å². The van der Waals surface area contributed by atoms with Crippen LogP contribution in [0.2, 0.25) is 0 Å². The number of carbonyl (C=O) groups excluding carboxylic acids is 1. The molecule has 1 aliphatic rings. The lowest BCUT2D eigenvalue weighted by Crippen LogP contribution is -2.46. The summed E-state index contributed by atoms with van der Waals surface area (Å²) in [7, 11) is 2.01. The lowest BCUT2D eigenvalue weighted by atomic mass is 9.92. The number of carbonyl (C=O) groups is 1. The highest BCUT2D eigenvalue weighted by molar-refractivity contribution is 5.96. The van der Waals surface area contributed by atoms with Crippen molar-refractivity contribution in [3.8, 4) is 0 Å².